The number of alkyl halides is 3. The van der Waals surface area contributed by atoms with E-state index >= 15 is 0 Å². The Bertz CT molecular complexity index is 418. The van der Waals surface area contributed by atoms with Gasteiger partial charge in [0.25, 0.3) is 0 Å². The molecule has 0 bridgehead atoms. The van der Waals surface area contributed by atoms with Gasteiger partial charge in [0.05, 0.1) is 0 Å². The molecule has 1 nitrogen and oxygen atoms in total. The molecule has 1 aromatic rings. The summed E-state index contributed by atoms with van der Waals surface area (Å²) in [6.45, 7) is 2.86. The average molecular weight is 331 g/mol. The highest BCUT2D eigenvalue weighted by atomic mass is 79.9. The maximum atomic E-state index is 12.7. The van der Waals surface area contributed by atoms with E-state index in [4.69, 9.17) is 17.3 Å². The first-order valence-electron chi connectivity index (χ1n) is 4.84. The van der Waals surface area contributed by atoms with Crippen molar-refractivity contribution in [2.45, 2.75) is 31.5 Å². The zero-order valence-corrected chi connectivity index (χ0v) is 11.6. The van der Waals surface area contributed by atoms with Crippen molar-refractivity contribution in [3.05, 3.63) is 33.3 Å². The van der Waals surface area contributed by atoms with Crippen molar-refractivity contribution < 1.29 is 13.2 Å². The van der Waals surface area contributed by atoms with Gasteiger partial charge in [0.15, 0.2) is 0 Å². The minimum Gasteiger partial charge on any atom is -0.319 e. The van der Waals surface area contributed by atoms with E-state index in [0.29, 0.717) is 10.0 Å². The van der Waals surface area contributed by atoms with Crippen LogP contribution in [0.4, 0.5) is 13.2 Å². The Morgan fingerprint density at radius 3 is 2.29 bits per heavy atom. The largest absolute Gasteiger partial charge is 0.404 e. The summed E-state index contributed by atoms with van der Waals surface area (Å²) in [7, 11) is 0. The van der Waals surface area contributed by atoms with Crippen LogP contribution >= 0.6 is 27.5 Å². The van der Waals surface area contributed by atoms with Gasteiger partial charge < -0.3 is 5.73 Å². The fourth-order valence-corrected chi connectivity index (χ4v) is 2.29. The fourth-order valence-electron chi connectivity index (χ4n) is 1.57. The number of hydrogen-bond donors (Lipinski definition) is 1. The normalized spacial score (nSPS) is 14.8. The maximum Gasteiger partial charge on any atom is 0.404 e. The molecule has 0 aliphatic heterocycles. The zero-order valence-electron chi connectivity index (χ0n) is 9.28. The van der Waals surface area contributed by atoms with Gasteiger partial charge in [-0.15, -0.1) is 0 Å². The van der Waals surface area contributed by atoms with Gasteiger partial charge in [-0.25, -0.2) is 0 Å². The molecule has 0 spiro atoms. The van der Waals surface area contributed by atoms with Crippen LogP contribution in [0.2, 0.25) is 5.02 Å². The molecule has 1 unspecified atom stereocenters. The van der Waals surface area contributed by atoms with Gasteiger partial charge in [0.1, 0.15) is 6.04 Å². The average Bonchev–Trinajstić information content (AvgIpc) is 2.19. The van der Waals surface area contributed by atoms with Crippen molar-refractivity contribution >= 4 is 27.5 Å². The SMILES string of the molecule is CC(C)(c1cc(Br)ccc1Cl)C(N)C(F)(F)F. The van der Waals surface area contributed by atoms with Gasteiger partial charge in [-0.2, -0.15) is 13.2 Å². The molecule has 1 atom stereocenters. The standard InChI is InChI=1S/C11H12BrClF3N/c1-10(2,9(17)11(14,15)16)7-5-6(12)3-4-8(7)13/h3-5,9H,17H2,1-2H3. The fraction of sp³-hybridized carbons (Fsp3) is 0.455. The Morgan fingerprint density at radius 1 is 1.29 bits per heavy atom. The van der Waals surface area contributed by atoms with E-state index in [1.54, 1.807) is 18.2 Å². The molecule has 96 valence electrons. The molecule has 0 radical (unpaired) electrons. The maximum absolute atomic E-state index is 12.7. The van der Waals surface area contributed by atoms with Gasteiger partial charge in [-0.05, 0) is 23.8 Å². The lowest BCUT2D eigenvalue weighted by molar-refractivity contribution is -0.160. The molecule has 0 heterocycles. The van der Waals surface area contributed by atoms with Crippen molar-refractivity contribution in [2.75, 3.05) is 0 Å². The summed E-state index contributed by atoms with van der Waals surface area (Å²) >= 11 is 9.14. The van der Waals surface area contributed by atoms with Crippen LogP contribution in [0.5, 0.6) is 0 Å². The minimum atomic E-state index is -4.46. The summed E-state index contributed by atoms with van der Waals surface area (Å²) in [6.07, 6.45) is -4.46. The third kappa shape index (κ3) is 3.14. The highest BCUT2D eigenvalue weighted by Crippen LogP contribution is 2.39. The molecular formula is C11H12BrClF3N. The van der Waals surface area contributed by atoms with E-state index in [0.717, 1.165) is 0 Å². The van der Waals surface area contributed by atoms with E-state index < -0.39 is 17.6 Å². The van der Waals surface area contributed by atoms with Crippen LogP contribution in [0.15, 0.2) is 22.7 Å². The summed E-state index contributed by atoms with van der Waals surface area (Å²) < 4.78 is 38.7. The van der Waals surface area contributed by atoms with Crippen LogP contribution < -0.4 is 5.73 Å². The lowest BCUT2D eigenvalue weighted by Crippen LogP contribution is -2.51. The van der Waals surface area contributed by atoms with Crippen LogP contribution in [0.3, 0.4) is 0 Å². The summed E-state index contributed by atoms with van der Waals surface area (Å²) in [5.74, 6) is 0. The minimum absolute atomic E-state index is 0.276. The summed E-state index contributed by atoms with van der Waals surface area (Å²) in [6, 6.07) is 2.81. The third-order valence-corrected chi connectivity index (χ3v) is 3.58. The second kappa shape index (κ2) is 4.78. The lowest BCUT2D eigenvalue weighted by Gasteiger charge is -2.34. The number of benzene rings is 1. The third-order valence-electron chi connectivity index (χ3n) is 2.75. The first-order chi connectivity index (χ1) is 7.56. The first-order valence-corrected chi connectivity index (χ1v) is 6.01. The highest BCUT2D eigenvalue weighted by molar-refractivity contribution is 9.10. The summed E-state index contributed by atoms with van der Waals surface area (Å²) in [5.41, 5.74) is 4.36. The van der Waals surface area contributed by atoms with Crippen LogP contribution in [0, 0.1) is 0 Å². The topological polar surface area (TPSA) is 26.0 Å². The summed E-state index contributed by atoms with van der Waals surface area (Å²) in [4.78, 5) is 0. The van der Waals surface area contributed by atoms with E-state index in [1.165, 1.54) is 13.8 Å². The number of nitrogens with two attached hydrogens (primary N) is 1. The molecule has 1 rings (SSSR count). The Kier molecular flexibility index (Phi) is 4.16. The van der Waals surface area contributed by atoms with Crippen LogP contribution in [-0.4, -0.2) is 12.2 Å². The Balaban J connectivity index is 3.25. The number of halogens is 5. The van der Waals surface area contributed by atoms with Gasteiger partial charge in [0, 0.05) is 14.9 Å². The van der Waals surface area contributed by atoms with E-state index in [-0.39, 0.29) is 5.02 Å². The van der Waals surface area contributed by atoms with E-state index in [1.807, 2.05) is 0 Å². The molecule has 0 fully saturated rings. The molecule has 2 N–H and O–H groups in total. The second-order valence-corrected chi connectivity index (χ2v) is 5.69. The number of hydrogen-bond acceptors (Lipinski definition) is 1. The molecule has 0 aliphatic rings. The smallest absolute Gasteiger partial charge is 0.319 e. The molecular weight excluding hydrogens is 318 g/mol. The van der Waals surface area contributed by atoms with Crippen molar-refractivity contribution in [1.29, 1.82) is 0 Å². The molecule has 0 aliphatic carbocycles. The first kappa shape index (κ1) is 14.8. The predicted octanol–water partition coefficient (Wildman–Crippen LogP) is 4.27. The molecule has 0 amide bonds. The molecule has 17 heavy (non-hydrogen) atoms. The van der Waals surface area contributed by atoms with Crippen molar-refractivity contribution in [1.82, 2.24) is 0 Å². The quantitative estimate of drug-likeness (QED) is 0.861. The predicted molar refractivity (Wildman–Crippen MR) is 66.2 cm³/mol. The van der Waals surface area contributed by atoms with Gasteiger partial charge >= 0.3 is 6.18 Å². The highest BCUT2D eigenvalue weighted by Gasteiger charge is 2.47. The van der Waals surface area contributed by atoms with Crippen LogP contribution in [0.25, 0.3) is 0 Å². The van der Waals surface area contributed by atoms with E-state index in [2.05, 4.69) is 15.9 Å². The van der Waals surface area contributed by atoms with Gasteiger partial charge in [-0.1, -0.05) is 41.4 Å². The van der Waals surface area contributed by atoms with Crippen molar-refractivity contribution in [3.8, 4) is 0 Å². The van der Waals surface area contributed by atoms with Gasteiger partial charge in [-0.3, -0.25) is 0 Å². The van der Waals surface area contributed by atoms with Crippen LogP contribution in [-0.2, 0) is 5.41 Å². The Morgan fingerprint density at radius 2 is 1.82 bits per heavy atom. The van der Waals surface area contributed by atoms with Gasteiger partial charge in [0.2, 0.25) is 0 Å². The Hall–Kier alpha value is -0.260. The Labute approximate surface area is 111 Å². The molecule has 0 saturated heterocycles. The lowest BCUT2D eigenvalue weighted by atomic mass is 9.78. The monoisotopic (exact) mass is 329 g/mol. The molecule has 6 heteroatoms. The number of rotatable bonds is 2. The second-order valence-electron chi connectivity index (χ2n) is 4.37. The summed E-state index contributed by atoms with van der Waals surface area (Å²) in [5, 5.41) is 0.276. The molecule has 0 saturated carbocycles. The zero-order chi connectivity index (χ0) is 13.4. The van der Waals surface area contributed by atoms with E-state index in [9.17, 15) is 13.2 Å². The van der Waals surface area contributed by atoms with Crippen LogP contribution in [0.1, 0.15) is 19.4 Å². The molecule has 0 aromatic heterocycles. The van der Waals surface area contributed by atoms with Crippen molar-refractivity contribution in [2.24, 2.45) is 5.73 Å². The van der Waals surface area contributed by atoms with Crippen molar-refractivity contribution in [3.63, 3.8) is 0 Å². The molecule has 1 aromatic carbocycles.